The summed E-state index contributed by atoms with van der Waals surface area (Å²) in [5, 5.41) is 13.5. The summed E-state index contributed by atoms with van der Waals surface area (Å²) in [4.78, 5) is 12.4. The Morgan fingerprint density at radius 1 is 0.929 bits per heavy atom. The number of benzene rings is 3. The van der Waals surface area contributed by atoms with E-state index in [1.807, 2.05) is 66.7 Å². The number of nitrogens with one attached hydrogen (secondary N) is 1. The van der Waals surface area contributed by atoms with Gasteiger partial charge < -0.3 is 15.2 Å². The number of carbonyl (C=O) groups is 1. The predicted molar refractivity (Wildman–Crippen MR) is 112 cm³/mol. The van der Waals surface area contributed by atoms with Gasteiger partial charge in [0.15, 0.2) is 0 Å². The third-order valence-electron chi connectivity index (χ3n) is 4.63. The van der Waals surface area contributed by atoms with E-state index in [0.29, 0.717) is 12.0 Å². The molecule has 28 heavy (non-hydrogen) atoms. The Bertz CT molecular complexity index is 901. The molecule has 0 bridgehead atoms. The summed E-state index contributed by atoms with van der Waals surface area (Å²) >= 11 is 0. The van der Waals surface area contributed by atoms with Gasteiger partial charge in [0, 0.05) is 18.5 Å². The molecule has 0 heterocycles. The van der Waals surface area contributed by atoms with Gasteiger partial charge in [0.25, 0.3) is 5.91 Å². The zero-order chi connectivity index (χ0) is 20.0. The van der Waals surface area contributed by atoms with Crippen LogP contribution in [-0.2, 0) is 6.42 Å². The number of aliphatic hydroxyl groups is 1. The van der Waals surface area contributed by atoms with Crippen molar-refractivity contribution in [3.8, 4) is 16.9 Å². The number of ether oxygens (including phenoxy) is 1. The van der Waals surface area contributed by atoms with E-state index in [1.165, 1.54) is 0 Å². The Morgan fingerprint density at radius 2 is 1.54 bits per heavy atom. The molecule has 1 atom stereocenters. The highest BCUT2D eigenvalue weighted by Gasteiger charge is 2.22. The third-order valence-corrected chi connectivity index (χ3v) is 4.63. The van der Waals surface area contributed by atoms with Gasteiger partial charge >= 0.3 is 0 Å². The standard InChI is InChI=1S/C24H25NO3/c1-24(27,16-18-8-14-22(28-2)15-9-18)17-25-23(26)21-12-10-20(11-13-21)19-6-4-3-5-7-19/h3-15,27H,16-17H2,1-2H3,(H,25,26). The molecule has 1 unspecified atom stereocenters. The van der Waals surface area contributed by atoms with Crippen LogP contribution in [0.15, 0.2) is 78.9 Å². The molecule has 0 aliphatic rings. The van der Waals surface area contributed by atoms with Crippen molar-refractivity contribution in [2.75, 3.05) is 13.7 Å². The van der Waals surface area contributed by atoms with E-state index in [0.717, 1.165) is 22.4 Å². The number of carbonyl (C=O) groups excluding carboxylic acids is 1. The van der Waals surface area contributed by atoms with Crippen LogP contribution in [0.25, 0.3) is 11.1 Å². The minimum absolute atomic E-state index is 0.165. The zero-order valence-electron chi connectivity index (χ0n) is 16.2. The van der Waals surface area contributed by atoms with Crippen LogP contribution in [0.4, 0.5) is 0 Å². The molecule has 3 aromatic carbocycles. The molecule has 4 nitrogen and oxygen atoms in total. The van der Waals surface area contributed by atoms with Gasteiger partial charge in [0.2, 0.25) is 0 Å². The lowest BCUT2D eigenvalue weighted by atomic mass is 9.96. The topological polar surface area (TPSA) is 58.6 Å². The fraction of sp³-hybridized carbons (Fsp3) is 0.208. The van der Waals surface area contributed by atoms with Crippen molar-refractivity contribution in [2.45, 2.75) is 18.9 Å². The predicted octanol–water partition coefficient (Wildman–Crippen LogP) is 4.09. The van der Waals surface area contributed by atoms with E-state index in [1.54, 1.807) is 26.2 Å². The van der Waals surface area contributed by atoms with Gasteiger partial charge in [-0.25, -0.2) is 0 Å². The fourth-order valence-corrected chi connectivity index (χ4v) is 3.06. The van der Waals surface area contributed by atoms with E-state index in [4.69, 9.17) is 4.74 Å². The lowest BCUT2D eigenvalue weighted by Crippen LogP contribution is -2.42. The maximum absolute atomic E-state index is 12.4. The van der Waals surface area contributed by atoms with Crippen LogP contribution in [0.3, 0.4) is 0 Å². The molecular formula is C24H25NO3. The van der Waals surface area contributed by atoms with E-state index < -0.39 is 5.60 Å². The third kappa shape index (κ3) is 5.21. The van der Waals surface area contributed by atoms with Gasteiger partial charge in [-0.15, -0.1) is 0 Å². The van der Waals surface area contributed by atoms with Crippen LogP contribution in [0.2, 0.25) is 0 Å². The first-order valence-electron chi connectivity index (χ1n) is 9.26. The molecule has 0 saturated heterocycles. The minimum atomic E-state index is -1.05. The van der Waals surface area contributed by atoms with Crippen LogP contribution < -0.4 is 10.1 Å². The molecule has 144 valence electrons. The summed E-state index contributed by atoms with van der Waals surface area (Å²) < 4.78 is 5.14. The molecule has 2 N–H and O–H groups in total. The van der Waals surface area contributed by atoms with Crippen LogP contribution in [0, 0.1) is 0 Å². The molecule has 0 aliphatic carbocycles. The molecule has 3 rings (SSSR count). The highest BCUT2D eigenvalue weighted by Crippen LogP contribution is 2.20. The molecule has 3 aromatic rings. The molecule has 0 spiro atoms. The Hall–Kier alpha value is -3.11. The molecule has 0 radical (unpaired) electrons. The van der Waals surface area contributed by atoms with E-state index >= 15 is 0 Å². The summed E-state index contributed by atoms with van der Waals surface area (Å²) in [6, 6.07) is 25.0. The number of methoxy groups -OCH3 is 1. The Kier molecular flexibility index (Phi) is 6.12. The average molecular weight is 375 g/mol. The zero-order valence-corrected chi connectivity index (χ0v) is 16.2. The van der Waals surface area contributed by atoms with E-state index in [-0.39, 0.29) is 12.5 Å². The van der Waals surface area contributed by atoms with Crippen molar-refractivity contribution >= 4 is 5.91 Å². The second kappa shape index (κ2) is 8.72. The normalized spacial score (nSPS) is 12.8. The number of hydrogen-bond donors (Lipinski definition) is 2. The van der Waals surface area contributed by atoms with Gasteiger partial charge in [-0.1, -0.05) is 54.6 Å². The van der Waals surface area contributed by atoms with Crippen molar-refractivity contribution < 1.29 is 14.6 Å². The lowest BCUT2D eigenvalue weighted by molar-refractivity contribution is 0.0552. The quantitative estimate of drug-likeness (QED) is 0.654. The van der Waals surface area contributed by atoms with Crippen molar-refractivity contribution in [2.24, 2.45) is 0 Å². The van der Waals surface area contributed by atoms with Gasteiger partial charge in [-0.05, 0) is 47.9 Å². The first kappa shape index (κ1) is 19.6. The lowest BCUT2D eigenvalue weighted by Gasteiger charge is -2.24. The van der Waals surface area contributed by atoms with E-state index in [2.05, 4.69) is 5.32 Å². The van der Waals surface area contributed by atoms with Crippen molar-refractivity contribution in [3.63, 3.8) is 0 Å². The Balaban J connectivity index is 1.57. The summed E-state index contributed by atoms with van der Waals surface area (Å²) in [5.41, 5.74) is 2.67. The number of rotatable bonds is 7. The van der Waals surface area contributed by atoms with Crippen LogP contribution in [0.1, 0.15) is 22.8 Å². The van der Waals surface area contributed by atoms with Gasteiger partial charge in [-0.2, -0.15) is 0 Å². The molecule has 0 saturated carbocycles. The van der Waals surface area contributed by atoms with Crippen molar-refractivity contribution in [1.29, 1.82) is 0 Å². The summed E-state index contributed by atoms with van der Waals surface area (Å²) in [5.74, 6) is 0.574. The smallest absolute Gasteiger partial charge is 0.251 e. The van der Waals surface area contributed by atoms with Crippen molar-refractivity contribution in [1.82, 2.24) is 5.32 Å². The van der Waals surface area contributed by atoms with E-state index in [9.17, 15) is 9.90 Å². The van der Waals surface area contributed by atoms with Crippen LogP contribution >= 0.6 is 0 Å². The number of hydrogen-bond acceptors (Lipinski definition) is 3. The Morgan fingerprint density at radius 3 is 2.14 bits per heavy atom. The molecule has 0 aliphatic heterocycles. The summed E-state index contributed by atoms with van der Waals surface area (Å²) in [6.45, 7) is 1.88. The van der Waals surface area contributed by atoms with Crippen LogP contribution in [-0.4, -0.2) is 30.3 Å². The Labute approximate surface area is 165 Å². The SMILES string of the molecule is COc1ccc(CC(C)(O)CNC(=O)c2ccc(-c3ccccc3)cc2)cc1. The highest BCUT2D eigenvalue weighted by atomic mass is 16.5. The maximum Gasteiger partial charge on any atom is 0.251 e. The molecular weight excluding hydrogens is 350 g/mol. The molecule has 1 amide bonds. The first-order valence-corrected chi connectivity index (χ1v) is 9.26. The molecule has 4 heteroatoms. The molecule has 0 aromatic heterocycles. The van der Waals surface area contributed by atoms with Gasteiger partial charge in [-0.3, -0.25) is 4.79 Å². The second-order valence-corrected chi connectivity index (χ2v) is 7.15. The summed E-state index contributed by atoms with van der Waals surface area (Å²) in [7, 11) is 1.62. The molecule has 0 fully saturated rings. The minimum Gasteiger partial charge on any atom is -0.497 e. The fourth-order valence-electron chi connectivity index (χ4n) is 3.06. The van der Waals surface area contributed by atoms with Crippen LogP contribution in [0.5, 0.6) is 5.75 Å². The monoisotopic (exact) mass is 375 g/mol. The average Bonchev–Trinajstić information content (AvgIpc) is 2.73. The largest absolute Gasteiger partial charge is 0.497 e. The van der Waals surface area contributed by atoms with Gasteiger partial charge in [0.05, 0.1) is 12.7 Å². The second-order valence-electron chi connectivity index (χ2n) is 7.15. The van der Waals surface area contributed by atoms with Crippen molar-refractivity contribution in [3.05, 3.63) is 90.0 Å². The first-order chi connectivity index (χ1) is 13.5. The van der Waals surface area contributed by atoms with Gasteiger partial charge in [0.1, 0.15) is 5.75 Å². The summed E-state index contributed by atoms with van der Waals surface area (Å²) in [6.07, 6.45) is 0.435. The maximum atomic E-state index is 12.4. The highest BCUT2D eigenvalue weighted by molar-refractivity contribution is 5.94. The number of amides is 1.